The van der Waals surface area contributed by atoms with Gasteiger partial charge in [-0.25, -0.2) is 4.39 Å². The van der Waals surface area contributed by atoms with E-state index in [1.54, 1.807) is 0 Å². The smallest absolute Gasteiger partial charge is 0.165 e. The molecule has 3 rings (SSSR count). The first kappa shape index (κ1) is 11.8. The lowest BCUT2D eigenvalue weighted by Crippen LogP contribution is -2.10. The van der Waals surface area contributed by atoms with Crippen LogP contribution in [-0.2, 0) is 0 Å². The highest BCUT2D eigenvalue weighted by Gasteiger charge is 2.24. The van der Waals surface area contributed by atoms with E-state index >= 15 is 0 Å². The van der Waals surface area contributed by atoms with Crippen LogP contribution in [0.1, 0.15) is 28.3 Å². The minimum atomic E-state index is -0.476. The number of hydrogen-bond donors (Lipinski definition) is 1. The third-order valence-electron chi connectivity index (χ3n) is 3.40. The molecular formula is C15H13FN2O. The molecule has 2 heterocycles. The fraction of sp³-hybridized carbons (Fsp3) is 0.200. The average molecular weight is 256 g/mol. The quantitative estimate of drug-likeness (QED) is 0.858. The Labute approximate surface area is 110 Å². The molecular weight excluding hydrogens is 243 g/mol. The highest BCUT2D eigenvalue weighted by Crippen LogP contribution is 2.33. The lowest BCUT2D eigenvalue weighted by atomic mass is 9.94. The fourth-order valence-electron chi connectivity index (χ4n) is 2.45. The van der Waals surface area contributed by atoms with Crippen LogP contribution in [0.5, 0.6) is 0 Å². The van der Waals surface area contributed by atoms with E-state index in [2.05, 4.69) is 10.3 Å². The van der Waals surface area contributed by atoms with Gasteiger partial charge in [0, 0.05) is 36.3 Å². The number of nitrogens with one attached hydrogen (secondary N) is 1. The van der Waals surface area contributed by atoms with E-state index in [-0.39, 0.29) is 11.7 Å². The minimum Gasteiger partial charge on any atom is -0.384 e. The monoisotopic (exact) mass is 256 g/mol. The molecule has 19 heavy (non-hydrogen) atoms. The van der Waals surface area contributed by atoms with Gasteiger partial charge in [-0.3, -0.25) is 9.78 Å². The van der Waals surface area contributed by atoms with Gasteiger partial charge in [-0.1, -0.05) is 18.2 Å². The molecule has 1 aliphatic rings. The van der Waals surface area contributed by atoms with Crippen molar-refractivity contribution < 1.29 is 9.18 Å². The number of aromatic nitrogens is 1. The summed E-state index contributed by atoms with van der Waals surface area (Å²) < 4.78 is 13.1. The van der Waals surface area contributed by atoms with Gasteiger partial charge in [-0.05, 0) is 17.7 Å². The van der Waals surface area contributed by atoms with Crippen LogP contribution in [-0.4, -0.2) is 17.3 Å². The molecule has 0 fully saturated rings. The first-order valence-corrected chi connectivity index (χ1v) is 6.20. The molecule has 1 aromatic heterocycles. The van der Waals surface area contributed by atoms with Crippen LogP contribution < -0.4 is 5.32 Å². The van der Waals surface area contributed by atoms with E-state index in [9.17, 15) is 9.18 Å². The van der Waals surface area contributed by atoms with Crippen molar-refractivity contribution in [2.75, 3.05) is 11.9 Å². The summed E-state index contributed by atoms with van der Waals surface area (Å²) in [6.07, 6.45) is 2.89. The number of para-hydroxylation sites is 1. The molecule has 1 N–H and O–H groups in total. The van der Waals surface area contributed by atoms with E-state index in [1.807, 2.05) is 24.3 Å². The Hall–Kier alpha value is -2.23. The van der Waals surface area contributed by atoms with E-state index in [1.165, 1.54) is 12.3 Å². The number of Topliss-reactive ketones (excluding diaryl/α,β-unsaturated/α-hetero) is 1. The summed E-state index contributed by atoms with van der Waals surface area (Å²) in [5.41, 5.74) is 2.57. The van der Waals surface area contributed by atoms with Gasteiger partial charge in [0.1, 0.15) is 5.82 Å². The van der Waals surface area contributed by atoms with Gasteiger partial charge < -0.3 is 5.32 Å². The Bertz CT molecular complexity index is 627. The average Bonchev–Trinajstić information content (AvgIpc) is 2.82. The number of carbonyl (C=O) groups excluding carboxylic acids is 1. The maximum Gasteiger partial charge on any atom is 0.165 e. The lowest BCUT2D eigenvalue weighted by molar-refractivity contribution is 0.0975. The van der Waals surface area contributed by atoms with E-state index < -0.39 is 5.82 Å². The third-order valence-corrected chi connectivity index (χ3v) is 3.40. The van der Waals surface area contributed by atoms with Gasteiger partial charge >= 0.3 is 0 Å². The first-order chi connectivity index (χ1) is 9.24. The van der Waals surface area contributed by atoms with Crippen LogP contribution in [0.3, 0.4) is 0 Å². The van der Waals surface area contributed by atoms with Crippen molar-refractivity contribution in [2.24, 2.45) is 0 Å². The van der Waals surface area contributed by atoms with Crippen molar-refractivity contribution in [2.45, 2.75) is 12.3 Å². The number of ketones is 1. The molecule has 1 aliphatic heterocycles. The molecule has 1 unspecified atom stereocenters. The number of nitrogens with zero attached hydrogens (tertiary/aromatic N) is 1. The second-order valence-electron chi connectivity index (χ2n) is 4.68. The maximum absolute atomic E-state index is 13.1. The second-order valence-corrected chi connectivity index (χ2v) is 4.68. The Kier molecular flexibility index (Phi) is 2.99. The van der Waals surface area contributed by atoms with Gasteiger partial charge in [0.15, 0.2) is 5.78 Å². The summed E-state index contributed by atoms with van der Waals surface area (Å²) >= 11 is 0. The highest BCUT2D eigenvalue weighted by atomic mass is 19.1. The Balaban J connectivity index is 1.78. The summed E-state index contributed by atoms with van der Waals surface area (Å²) in [6, 6.07) is 9.20. The van der Waals surface area contributed by atoms with Crippen molar-refractivity contribution in [3.05, 3.63) is 59.7 Å². The molecule has 1 atom stereocenters. The molecule has 0 spiro atoms. The number of fused-ring (bicyclic) bond motifs is 1. The second kappa shape index (κ2) is 4.80. The number of benzene rings is 1. The van der Waals surface area contributed by atoms with Crippen LogP contribution in [0.4, 0.5) is 10.1 Å². The predicted octanol–water partition coefficient (Wildman–Crippen LogP) is 3.00. The van der Waals surface area contributed by atoms with E-state index in [4.69, 9.17) is 0 Å². The highest BCUT2D eigenvalue weighted by molar-refractivity contribution is 5.96. The molecule has 0 amide bonds. The van der Waals surface area contributed by atoms with Crippen LogP contribution in [0, 0.1) is 5.82 Å². The SMILES string of the molecule is O=C(CC1CNc2ccccc21)c1cncc(F)c1. The maximum atomic E-state index is 13.1. The molecule has 0 bridgehead atoms. The number of carbonyl (C=O) groups is 1. The van der Waals surface area contributed by atoms with Gasteiger partial charge in [0.25, 0.3) is 0 Å². The molecule has 2 aromatic rings. The van der Waals surface area contributed by atoms with Crippen molar-refractivity contribution >= 4 is 11.5 Å². The fourth-order valence-corrected chi connectivity index (χ4v) is 2.45. The van der Waals surface area contributed by atoms with Crippen molar-refractivity contribution in [3.8, 4) is 0 Å². The topological polar surface area (TPSA) is 42.0 Å². The zero-order valence-electron chi connectivity index (χ0n) is 10.3. The molecule has 3 nitrogen and oxygen atoms in total. The molecule has 0 radical (unpaired) electrons. The van der Waals surface area contributed by atoms with Crippen LogP contribution >= 0.6 is 0 Å². The number of rotatable bonds is 3. The molecule has 0 saturated heterocycles. The van der Waals surface area contributed by atoms with Crippen molar-refractivity contribution in [3.63, 3.8) is 0 Å². The van der Waals surface area contributed by atoms with Crippen LogP contribution in [0.15, 0.2) is 42.7 Å². The standard InChI is InChI=1S/C15H13FN2O/c16-12-5-11(7-17-9-12)15(19)6-10-8-18-14-4-2-1-3-13(10)14/h1-5,7,9-10,18H,6,8H2. The first-order valence-electron chi connectivity index (χ1n) is 6.20. The summed E-state index contributed by atoms with van der Waals surface area (Å²) in [5, 5.41) is 3.28. The summed E-state index contributed by atoms with van der Waals surface area (Å²) in [5.74, 6) is -0.404. The molecule has 0 aliphatic carbocycles. The van der Waals surface area contributed by atoms with Crippen molar-refractivity contribution in [1.82, 2.24) is 4.98 Å². The zero-order valence-corrected chi connectivity index (χ0v) is 10.3. The van der Waals surface area contributed by atoms with Crippen molar-refractivity contribution in [1.29, 1.82) is 0 Å². The number of pyridine rings is 1. The lowest BCUT2D eigenvalue weighted by Gasteiger charge is -2.09. The van der Waals surface area contributed by atoms with E-state index in [0.29, 0.717) is 12.0 Å². The molecule has 1 aromatic carbocycles. The van der Waals surface area contributed by atoms with Gasteiger partial charge in [0.2, 0.25) is 0 Å². The number of halogens is 1. The van der Waals surface area contributed by atoms with Crippen LogP contribution in [0.25, 0.3) is 0 Å². The minimum absolute atomic E-state index is 0.0736. The third kappa shape index (κ3) is 2.34. The largest absolute Gasteiger partial charge is 0.384 e. The predicted molar refractivity (Wildman–Crippen MR) is 70.8 cm³/mol. The number of anilines is 1. The Morgan fingerprint density at radius 3 is 3.05 bits per heavy atom. The Morgan fingerprint density at radius 2 is 2.21 bits per heavy atom. The normalized spacial score (nSPS) is 16.8. The summed E-state index contributed by atoms with van der Waals surface area (Å²) in [7, 11) is 0. The summed E-state index contributed by atoms with van der Waals surface area (Å²) in [4.78, 5) is 15.8. The van der Waals surface area contributed by atoms with Gasteiger partial charge in [0.05, 0.1) is 6.20 Å². The number of hydrogen-bond acceptors (Lipinski definition) is 3. The summed E-state index contributed by atoms with van der Waals surface area (Å²) in [6.45, 7) is 0.744. The zero-order chi connectivity index (χ0) is 13.2. The van der Waals surface area contributed by atoms with Crippen LogP contribution in [0.2, 0.25) is 0 Å². The Morgan fingerprint density at radius 1 is 1.37 bits per heavy atom. The molecule has 4 heteroatoms. The van der Waals surface area contributed by atoms with Gasteiger partial charge in [-0.15, -0.1) is 0 Å². The molecule has 0 saturated carbocycles. The van der Waals surface area contributed by atoms with E-state index in [0.717, 1.165) is 24.0 Å². The molecule has 96 valence electrons. The van der Waals surface area contributed by atoms with Gasteiger partial charge in [-0.2, -0.15) is 0 Å².